The van der Waals surface area contributed by atoms with Crippen molar-refractivity contribution < 1.29 is 9.84 Å². The smallest absolute Gasteiger partial charge is 0.0599 e. The highest BCUT2D eigenvalue weighted by molar-refractivity contribution is 5.12. The van der Waals surface area contributed by atoms with E-state index in [9.17, 15) is 5.11 Å². The summed E-state index contributed by atoms with van der Waals surface area (Å²) in [6.45, 7) is 10.3. The normalized spacial score (nSPS) is 50.5. The summed E-state index contributed by atoms with van der Waals surface area (Å²) in [5, 5.41) is 10.7. The first-order chi connectivity index (χ1) is 9.40. The molecule has 0 radical (unpaired) electrons. The van der Waals surface area contributed by atoms with Gasteiger partial charge in [-0.3, -0.25) is 0 Å². The zero-order valence-corrected chi connectivity index (χ0v) is 13.7. The lowest BCUT2D eigenvalue weighted by Gasteiger charge is -2.46. The first-order valence-electron chi connectivity index (χ1n) is 8.69. The van der Waals surface area contributed by atoms with E-state index in [-0.39, 0.29) is 6.10 Å². The average molecular weight is 280 g/mol. The maximum atomic E-state index is 10.7. The summed E-state index contributed by atoms with van der Waals surface area (Å²) in [4.78, 5) is 0. The van der Waals surface area contributed by atoms with Crippen molar-refractivity contribution in [2.24, 2.45) is 28.6 Å². The van der Waals surface area contributed by atoms with Crippen LogP contribution in [0.15, 0.2) is 0 Å². The summed E-state index contributed by atoms with van der Waals surface area (Å²) in [5.41, 5.74) is 0.913. The Morgan fingerprint density at radius 2 is 1.85 bits per heavy atom. The molecular formula is C18H32O2. The maximum Gasteiger partial charge on any atom is 0.0599 e. The van der Waals surface area contributed by atoms with E-state index in [0.717, 1.165) is 37.7 Å². The van der Waals surface area contributed by atoms with Gasteiger partial charge >= 0.3 is 0 Å². The molecule has 0 aromatic heterocycles. The fraction of sp³-hybridized carbons (Fsp3) is 1.00. The Balaban J connectivity index is 1.72. The maximum absolute atomic E-state index is 10.7. The molecule has 3 rings (SSSR count). The van der Waals surface area contributed by atoms with Gasteiger partial charge < -0.3 is 9.84 Å². The second kappa shape index (κ2) is 4.98. The van der Waals surface area contributed by atoms with E-state index in [4.69, 9.17) is 4.74 Å². The van der Waals surface area contributed by atoms with Crippen molar-refractivity contribution in [2.45, 2.75) is 78.4 Å². The van der Waals surface area contributed by atoms with E-state index >= 15 is 0 Å². The molecular weight excluding hydrogens is 248 g/mol. The van der Waals surface area contributed by atoms with Crippen molar-refractivity contribution in [1.29, 1.82) is 0 Å². The van der Waals surface area contributed by atoms with Crippen molar-refractivity contribution in [2.75, 3.05) is 6.61 Å². The Morgan fingerprint density at radius 1 is 1.10 bits per heavy atom. The molecule has 1 N–H and O–H groups in total. The van der Waals surface area contributed by atoms with Crippen LogP contribution in [0, 0.1) is 28.6 Å². The standard InChI is InChI=1S/C18H32O2/c1-5-20-13-6-7-14(16(19)11-13)15-10-12-8-9-18(15,4)17(12,2)3/h12-16,19H,5-11H2,1-4H3/t12-,13?,14?,15+,16?,18+/m1/s1. The topological polar surface area (TPSA) is 29.5 Å². The minimum Gasteiger partial charge on any atom is -0.393 e. The van der Waals surface area contributed by atoms with E-state index in [0.29, 0.717) is 22.9 Å². The number of rotatable bonds is 3. The van der Waals surface area contributed by atoms with Gasteiger partial charge in [-0.25, -0.2) is 0 Å². The minimum atomic E-state index is -0.141. The van der Waals surface area contributed by atoms with Crippen LogP contribution < -0.4 is 0 Å². The fourth-order valence-corrected chi connectivity index (χ4v) is 5.90. The molecule has 6 atom stereocenters. The second-order valence-corrected chi connectivity index (χ2v) is 8.34. The van der Waals surface area contributed by atoms with Gasteiger partial charge in [0.25, 0.3) is 0 Å². The van der Waals surface area contributed by atoms with Crippen molar-refractivity contribution >= 4 is 0 Å². The minimum absolute atomic E-state index is 0.141. The number of hydrogen-bond acceptors (Lipinski definition) is 2. The molecule has 3 aliphatic rings. The average Bonchev–Trinajstić information content (AvgIpc) is 2.72. The Morgan fingerprint density at radius 3 is 2.35 bits per heavy atom. The molecule has 0 aliphatic heterocycles. The zero-order valence-electron chi connectivity index (χ0n) is 13.7. The van der Waals surface area contributed by atoms with Gasteiger partial charge in [0.2, 0.25) is 0 Å². The molecule has 2 nitrogen and oxygen atoms in total. The summed E-state index contributed by atoms with van der Waals surface area (Å²) in [6.07, 6.45) is 7.45. The zero-order chi connectivity index (χ0) is 14.5. The van der Waals surface area contributed by atoms with Gasteiger partial charge in [0, 0.05) is 6.61 Å². The molecule has 0 spiro atoms. The third kappa shape index (κ3) is 1.98. The van der Waals surface area contributed by atoms with Crippen LogP contribution in [0.1, 0.15) is 66.2 Å². The van der Waals surface area contributed by atoms with Crippen LogP contribution in [-0.2, 0) is 4.74 Å². The lowest BCUT2D eigenvalue weighted by molar-refractivity contribution is -0.0722. The first-order valence-corrected chi connectivity index (χ1v) is 8.69. The molecule has 3 fully saturated rings. The Kier molecular flexibility index (Phi) is 3.70. The fourth-order valence-electron chi connectivity index (χ4n) is 5.90. The molecule has 0 amide bonds. The van der Waals surface area contributed by atoms with Gasteiger partial charge in [-0.1, -0.05) is 20.8 Å². The van der Waals surface area contributed by atoms with Crippen LogP contribution in [0.3, 0.4) is 0 Å². The number of aliphatic hydroxyl groups is 1. The molecule has 0 aromatic carbocycles. The molecule has 3 aliphatic carbocycles. The predicted octanol–water partition coefficient (Wildman–Crippen LogP) is 4.01. The van der Waals surface area contributed by atoms with Gasteiger partial charge in [-0.05, 0) is 74.0 Å². The molecule has 0 heterocycles. The summed E-state index contributed by atoms with van der Waals surface area (Å²) >= 11 is 0. The monoisotopic (exact) mass is 280 g/mol. The SMILES string of the molecule is CCOC1CCC([C@@H]2C[C@H]3CC[C@]2(C)C3(C)C)C(O)C1. The van der Waals surface area contributed by atoms with Gasteiger partial charge in [0.1, 0.15) is 0 Å². The molecule has 0 aromatic rings. The lowest BCUT2D eigenvalue weighted by atomic mass is 9.60. The molecule has 116 valence electrons. The van der Waals surface area contributed by atoms with Crippen LogP contribution >= 0.6 is 0 Å². The van der Waals surface area contributed by atoms with E-state index in [2.05, 4.69) is 27.7 Å². The van der Waals surface area contributed by atoms with Crippen molar-refractivity contribution in [3.63, 3.8) is 0 Å². The Labute approximate surface area is 124 Å². The summed E-state index contributed by atoms with van der Waals surface area (Å²) in [7, 11) is 0. The van der Waals surface area contributed by atoms with Crippen LogP contribution in [0.4, 0.5) is 0 Å². The van der Waals surface area contributed by atoms with Crippen molar-refractivity contribution in [3.8, 4) is 0 Å². The molecule has 3 unspecified atom stereocenters. The van der Waals surface area contributed by atoms with Crippen LogP contribution in [0.25, 0.3) is 0 Å². The van der Waals surface area contributed by atoms with Crippen molar-refractivity contribution in [3.05, 3.63) is 0 Å². The van der Waals surface area contributed by atoms with Crippen LogP contribution in [0.2, 0.25) is 0 Å². The quantitative estimate of drug-likeness (QED) is 0.846. The highest BCUT2D eigenvalue weighted by Crippen LogP contribution is 2.70. The molecule has 2 heteroatoms. The largest absolute Gasteiger partial charge is 0.393 e. The van der Waals surface area contributed by atoms with Gasteiger partial charge in [-0.2, -0.15) is 0 Å². The predicted molar refractivity (Wildman–Crippen MR) is 81.5 cm³/mol. The summed E-state index contributed by atoms with van der Waals surface area (Å²) in [5.74, 6) is 2.13. The van der Waals surface area contributed by atoms with Crippen molar-refractivity contribution in [1.82, 2.24) is 0 Å². The molecule has 0 saturated heterocycles. The summed E-state index contributed by atoms with van der Waals surface area (Å²) < 4.78 is 5.73. The molecule has 3 saturated carbocycles. The van der Waals surface area contributed by atoms with Gasteiger partial charge in [0.05, 0.1) is 12.2 Å². The van der Waals surface area contributed by atoms with E-state index in [1.807, 2.05) is 0 Å². The van der Waals surface area contributed by atoms with E-state index in [1.165, 1.54) is 19.3 Å². The van der Waals surface area contributed by atoms with E-state index in [1.54, 1.807) is 0 Å². The number of fused-ring (bicyclic) bond motifs is 2. The van der Waals surface area contributed by atoms with Crippen LogP contribution in [0.5, 0.6) is 0 Å². The first kappa shape index (κ1) is 14.8. The van der Waals surface area contributed by atoms with E-state index < -0.39 is 0 Å². The van der Waals surface area contributed by atoms with Gasteiger partial charge in [-0.15, -0.1) is 0 Å². The third-order valence-electron chi connectivity index (χ3n) is 7.60. The highest BCUT2D eigenvalue weighted by atomic mass is 16.5. The number of hydrogen-bond donors (Lipinski definition) is 1. The second-order valence-electron chi connectivity index (χ2n) is 8.34. The third-order valence-corrected chi connectivity index (χ3v) is 7.60. The van der Waals surface area contributed by atoms with Gasteiger partial charge in [0.15, 0.2) is 0 Å². The lowest BCUT2D eigenvalue weighted by Crippen LogP contribution is -2.43. The molecule has 2 bridgehead atoms. The number of ether oxygens (including phenoxy) is 1. The Bertz CT molecular complexity index is 364. The number of aliphatic hydroxyl groups excluding tert-OH is 1. The molecule has 20 heavy (non-hydrogen) atoms. The Hall–Kier alpha value is -0.0800. The highest BCUT2D eigenvalue weighted by Gasteiger charge is 2.63. The summed E-state index contributed by atoms with van der Waals surface area (Å²) in [6, 6.07) is 0. The van der Waals surface area contributed by atoms with Crippen LogP contribution in [-0.4, -0.2) is 23.9 Å².